The van der Waals surface area contributed by atoms with E-state index in [0.717, 1.165) is 18.7 Å². The molecular formula is C14H20N2O2. The van der Waals surface area contributed by atoms with Gasteiger partial charge in [0.25, 0.3) is 0 Å². The molecule has 4 nitrogen and oxygen atoms in total. The van der Waals surface area contributed by atoms with Gasteiger partial charge in [-0.2, -0.15) is 0 Å². The van der Waals surface area contributed by atoms with E-state index in [1.165, 1.54) is 25.5 Å². The lowest BCUT2D eigenvalue weighted by Gasteiger charge is -2.26. The standard InChI is InChI=1S/C14H20N2O2/c1-15-13-9-10(14(17)18-2)6-7-11(13)12-5-3-4-8-16-12/h6-7,9,12,15-16H,3-5,8H2,1-2H3. The molecule has 18 heavy (non-hydrogen) atoms. The van der Waals surface area contributed by atoms with E-state index < -0.39 is 0 Å². The first-order chi connectivity index (χ1) is 8.76. The fourth-order valence-corrected chi connectivity index (χ4v) is 2.44. The summed E-state index contributed by atoms with van der Waals surface area (Å²) in [6.07, 6.45) is 3.64. The van der Waals surface area contributed by atoms with Gasteiger partial charge in [0.2, 0.25) is 0 Å². The van der Waals surface area contributed by atoms with Crippen molar-refractivity contribution in [1.82, 2.24) is 5.32 Å². The van der Waals surface area contributed by atoms with E-state index in [4.69, 9.17) is 4.74 Å². The van der Waals surface area contributed by atoms with E-state index in [9.17, 15) is 4.79 Å². The maximum absolute atomic E-state index is 11.5. The Labute approximate surface area is 108 Å². The molecule has 1 unspecified atom stereocenters. The molecule has 4 heteroatoms. The summed E-state index contributed by atoms with van der Waals surface area (Å²) in [4.78, 5) is 11.5. The molecule has 2 N–H and O–H groups in total. The van der Waals surface area contributed by atoms with Gasteiger partial charge >= 0.3 is 5.97 Å². The molecule has 98 valence electrons. The number of carbonyl (C=O) groups is 1. The molecule has 0 spiro atoms. The Bertz CT molecular complexity index is 426. The van der Waals surface area contributed by atoms with Crippen LogP contribution in [0.1, 0.15) is 41.2 Å². The summed E-state index contributed by atoms with van der Waals surface area (Å²) < 4.78 is 4.74. The zero-order valence-corrected chi connectivity index (χ0v) is 11.0. The van der Waals surface area contributed by atoms with Gasteiger partial charge in [-0.3, -0.25) is 0 Å². The van der Waals surface area contributed by atoms with Crippen molar-refractivity contribution in [2.45, 2.75) is 25.3 Å². The lowest BCUT2D eigenvalue weighted by molar-refractivity contribution is 0.0601. The number of hydrogen-bond acceptors (Lipinski definition) is 4. The Morgan fingerprint density at radius 3 is 2.89 bits per heavy atom. The van der Waals surface area contributed by atoms with E-state index in [1.807, 2.05) is 25.2 Å². The summed E-state index contributed by atoms with van der Waals surface area (Å²) in [6, 6.07) is 6.09. The van der Waals surface area contributed by atoms with Crippen molar-refractivity contribution < 1.29 is 9.53 Å². The fourth-order valence-electron chi connectivity index (χ4n) is 2.44. The number of methoxy groups -OCH3 is 1. The zero-order valence-electron chi connectivity index (χ0n) is 11.0. The summed E-state index contributed by atoms with van der Waals surface area (Å²) in [5, 5.41) is 6.68. The fraction of sp³-hybridized carbons (Fsp3) is 0.500. The Kier molecular flexibility index (Phi) is 4.20. The monoisotopic (exact) mass is 248 g/mol. The molecule has 1 aromatic rings. The Morgan fingerprint density at radius 2 is 2.28 bits per heavy atom. The van der Waals surface area contributed by atoms with Crippen LogP contribution in [0.15, 0.2) is 18.2 Å². The average molecular weight is 248 g/mol. The largest absolute Gasteiger partial charge is 0.465 e. The van der Waals surface area contributed by atoms with E-state index in [2.05, 4.69) is 10.6 Å². The number of hydrogen-bond donors (Lipinski definition) is 2. The molecule has 1 aliphatic rings. The molecule has 1 atom stereocenters. The normalized spacial score (nSPS) is 19.3. The quantitative estimate of drug-likeness (QED) is 0.806. The first-order valence-corrected chi connectivity index (χ1v) is 6.39. The summed E-state index contributed by atoms with van der Waals surface area (Å²) in [5.41, 5.74) is 2.81. The molecule has 0 radical (unpaired) electrons. The highest BCUT2D eigenvalue weighted by Gasteiger charge is 2.18. The summed E-state index contributed by atoms with van der Waals surface area (Å²) in [7, 11) is 3.28. The van der Waals surface area contributed by atoms with Crippen LogP contribution < -0.4 is 10.6 Å². The highest BCUT2D eigenvalue weighted by atomic mass is 16.5. The third kappa shape index (κ3) is 2.64. The molecule has 0 bridgehead atoms. The van der Waals surface area contributed by atoms with E-state index >= 15 is 0 Å². The Morgan fingerprint density at radius 1 is 1.44 bits per heavy atom. The third-order valence-corrected chi connectivity index (χ3v) is 3.43. The van der Waals surface area contributed by atoms with Gasteiger partial charge in [-0.25, -0.2) is 4.79 Å². The summed E-state index contributed by atoms with van der Waals surface area (Å²) in [5.74, 6) is -0.297. The molecule has 0 amide bonds. The number of ether oxygens (including phenoxy) is 1. The van der Waals surface area contributed by atoms with Crippen molar-refractivity contribution in [2.24, 2.45) is 0 Å². The third-order valence-electron chi connectivity index (χ3n) is 3.43. The van der Waals surface area contributed by atoms with Crippen molar-refractivity contribution in [2.75, 3.05) is 26.0 Å². The number of carbonyl (C=O) groups excluding carboxylic acids is 1. The van der Waals surface area contributed by atoms with Gasteiger partial charge in [0.05, 0.1) is 12.7 Å². The minimum Gasteiger partial charge on any atom is -0.465 e. The molecule has 0 aliphatic carbocycles. The molecule has 1 saturated heterocycles. The molecule has 1 fully saturated rings. The average Bonchev–Trinajstić information content (AvgIpc) is 2.46. The van der Waals surface area contributed by atoms with Crippen LogP contribution in [-0.2, 0) is 4.74 Å². The van der Waals surface area contributed by atoms with Crippen LogP contribution in [-0.4, -0.2) is 26.7 Å². The topological polar surface area (TPSA) is 50.4 Å². The number of nitrogens with one attached hydrogen (secondary N) is 2. The van der Waals surface area contributed by atoms with Gasteiger partial charge < -0.3 is 15.4 Å². The van der Waals surface area contributed by atoms with Gasteiger partial charge in [-0.1, -0.05) is 12.5 Å². The van der Waals surface area contributed by atoms with Gasteiger partial charge in [0, 0.05) is 18.8 Å². The van der Waals surface area contributed by atoms with Crippen LogP contribution in [0.25, 0.3) is 0 Å². The number of benzene rings is 1. The molecule has 1 aromatic carbocycles. The van der Waals surface area contributed by atoms with E-state index in [1.54, 1.807) is 0 Å². The minimum absolute atomic E-state index is 0.297. The van der Waals surface area contributed by atoms with Crippen LogP contribution in [0.4, 0.5) is 5.69 Å². The Hall–Kier alpha value is -1.55. The number of rotatable bonds is 3. The zero-order chi connectivity index (χ0) is 13.0. The number of esters is 1. The second kappa shape index (κ2) is 5.87. The number of anilines is 1. The van der Waals surface area contributed by atoms with Gasteiger partial charge in [0.1, 0.15) is 0 Å². The van der Waals surface area contributed by atoms with Crippen molar-refractivity contribution in [3.8, 4) is 0 Å². The lowest BCUT2D eigenvalue weighted by atomic mass is 9.95. The van der Waals surface area contributed by atoms with Crippen molar-refractivity contribution in [3.63, 3.8) is 0 Å². The van der Waals surface area contributed by atoms with Crippen molar-refractivity contribution in [1.29, 1.82) is 0 Å². The predicted octanol–water partition coefficient (Wildman–Crippen LogP) is 2.33. The first kappa shape index (κ1) is 12.9. The lowest BCUT2D eigenvalue weighted by Crippen LogP contribution is -2.27. The summed E-state index contributed by atoms with van der Waals surface area (Å²) in [6.45, 7) is 1.06. The van der Waals surface area contributed by atoms with Gasteiger partial charge in [-0.05, 0) is 37.1 Å². The second-order valence-corrected chi connectivity index (χ2v) is 4.55. The van der Waals surface area contributed by atoms with E-state index in [-0.39, 0.29) is 5.97 Å². The molecule has 0 saturated carbocycles. The molecular weight excluding hydrogens is 228 g/mol. The molecule has 1 aliphatic heterocycles. The number of piperidine rings is 1. The van der Waals surface area contributed by atoms with Crippen LogP contribution >= 0.6 is 0 Å². The maximum atomic E-state index is 11.5. The van der Waals surface area contributed by atoms with Crippen LogP contribution in [0.3, 0.4) is 0 Å². The molecule has 2 rings (SSSR count). The van der Waals surface area contributed by atoms with Gasteiger partial charge in [0.15, 0.2) is 0 Å². The molecule has 0 aromatic heterocycles. The van der Waals surface area contributed by atoms with Gasteiger partial charge in [-0.15, -0.1) is 0 Å². The van der Waals surface area contributed by atoms with Crippen LogP contribution in [0.5, 0.6) is 0 Å². The highest BCUT2D eigenvalue weighted by molar-refractivity contribution is 5.90. The van der Waals surface area contributed by atoms with E-state index in [0.29, 0.717) is 11.6 Å². The molecule has 1 heterocycles. The Balaban J connectivity index is 2.27. The van der Waals surface area contributed by atoms with Crippen molar-refractivity contribution >= 4 is 11.7 Å². The highest BCUT2D eigenvalue weighted by Crippen LogP contribution is 2.29. The smallest absolute Gasteiger partial charge is 0.337 e. The first-order valence-electron chi connectivity index (χ1n) is 6.39. The SMILES string of the molecule is CNc1cc(C(=O)OC)ccc1C1CCCCN1. The second-order valence-electron chi connectivity index (χ2n) is 4.55. The predicted molar refractivity (Wildman–Crippen MR) is 71.9 cm³/mol. The van der Waals surface area contributed by atoms with Crippen molar-refractivity contribution in [3.05, 3.63) is 29.3 Å². The minimum atomic E-state index is -0.297. The van der Waals surface area contributed by atoms with Crippen LogP contribution in [0.2, 0.25) is 0 Å². The maximum Gasteiger partial charge on any atom is 0.337 e. The summed E-state index contributed by atoms with van der Waals surface area (Å²) >= 11 is 0. The van der Waals surface area contributed by atoms with Crippen LogP contribution in [0, 0.1) is 0 Å².